The molecule has 35 heavy (non-hydrogen) atoms. The van der Waals surface area contributed by atoms with Gasteiger partial charge in [-0.05, 0) is 29.8 Å². The van der Waals surface area contributed by atoms with Gasteiger partial charge in [0.15, 0.2) is 6.23 Å². The first kappa shape index (κ1) is 23.1. The summed E-state index contributed by atoms with van der Waals surface area (Å²) in [6.07, 6.45) is 0.383. The zero-order chi connectivity index (χ0) is 24.7. The number of aromatic nitrogens is 2. The topological polar surface area (TPSA) is 131 Å². The van der Waals surface area contributed by atoms with Crippen LogP contribution in [0.4, 0.5) is 21.7 Å². The van der Waals surface area contributed by atoms with Crippen LogP contribution in [0.1, 0.15) is 17.4 Å². The van der Waals surface area contributed by atoms with Crippen molar-refractivity contribution in [2.45, 2.75) is 23.7 Å². The number of nitrogens with zero attached hydrogens (tertiary/aromatic N) is 5. The number of sulfonamides is 1. The van der Waals surface area contributed by atoms with E-state index in [0.717, 1.165) is 17.7 Å². The van der Waals surface area contributed by atoms with E-state index in [9.17, 15) is 22.9 Å². The van der Waals surface area contributed by atoms with E-state index in [0.29, 0.717) is 23.7 Å². The maximum absolute atomic E-state index is 13.7. The molecule has 1 saturated heterocycles. The van der Waals surface area contributed by atoms with Gasteiger partial charge in [0, 0.05) is 32.3 Å². The van der Waals surface area contributed by atoms with Crippen molar-refractivity contribution in [1.29, 1.82) is 0 Å². The van der Waals surface area contributed by atoms with Crippen molar-refractivity contribution in [1.82, 2.24) is 14.3 Å². The van der Waals surface area contributed by atoms with Crippen LogP contribution < -0.4 is 10.2 Å². The van der Waals surface area contributed by atoms with E-state index in [1.807, 2.05) is 4.90 Å². The molecule has 1 aromatic heterocycles. The van der Waals surface area contributed by atoms with Crippen molar-refractivity contribution < 1.29 is 22.5 Å². The lowest BCUT2D eigenvalue weighted by Gasteiger charge is -2.28. The fraction of sp³-hybridized carbons (Fsp3) is 0.273. The van der Waals surface area contributed by atoms with E-state index in [2.05, 4.69) is 15.3 Å². The molecule has 0 spiro atoms. The number of nitro benzene ring substituents is 1. The number of anilines is 2. The minimum absolute atomic E-state index is 0.0786. The Kier molecular flexibility index (Phi) is 5.83. The SMILES string of the molecule is CN(Cc1ccc(F)cc1)c1ncnc2c1[C@@H]1OC[C@H](CN2)N1S(=O)(=O)c1ccc([N+](=O)[O-])cc1. The van der Waals surface area contributed by atoms with Gasteiger partial charge in [-0.3, -0.25) is 10.1 Å². The third-order valence-electron chi connectivity index (χ3n) is 5.97. The van der Waals surface area contributed by atoms with Crippen LogP contribution in [0.5, 0.6) is 0 Å². The number of fused-ring (bicyclic) bond motifs is 4. The van der Waals surface area contributed by atoms with Gasteiger partial charge in [0.05, 0.1) is 28.0 Å². The molecule has 2 aliphatic heterocycles. The second-order valence-corrected chi connectivity index (χ2v) is 10.1. The first-order valence-electron chi connectivity index (χ1n) is 10.7. The van der Waals surface area contributed by atoms with E-state index in [4.69, 9.17) is 4.74 Å². The maximum Gasteiger partial charge on any atom is 0.269 e. The summed E-state index contributed by atoms with van der Waals surface area (Å²) in [7, 11) is -2.29. The summed E-state index contributed by atoms with van der Waals surface area (Å²) in [5, 5.41) is 14.2. The fourth-order valence-electron chi connectivity index (χ4n) is 4.30. The molecular formula is C22H21FN6O5S. The summed E-state index contributed by atoms with van der Waals surface area (Å²) >= 11 is 0. The number of non-ortho nitro benzene ring substituents is 1. The van der Waals surface area contributed by atoms with Crippen LogP contribution in [0.3, 0.4) is 0 Å². The minimum atomic E-state index is -4.08. The van der Waals surface area contributed by atoms with Crippen molar-refractivity contribution in [2.75, 3.05) is 30.4 Å². The predicted octanol–water partition coefficient (Wildman–Crippen LogP) is 2.67. The first-order chi connectivity index (χ1) is 16.8. The van der Waals surface area contributed by atoms with Crippen molar-refractivity contribution in [3.8, 4) is 0 Å². The average Bonchev–Trinajstić information content (AvgIpc) is 3.20. The van der Waals surface area contributed by atoms with Gasteiger partial charge in [0.25, 0.3) is 5.69 Å². The number of rotatable bonds is 6. The van der Waals surface area contributed by atoms with Crippen molar-refractivity contribution in [2.24, 2.45) is 0 Å². The Morgan fingerprint density at radius 1 is 1.20 bits per heavy atom. The lowest BCUT2D eigenvalue weighted by molar-refractivity contribution is -0.384. The lowest BCUT2D eigenvalue weighted by Crippen LogP contribution is -2.40. The molecule has 2 aliphatic rings. The Balaban J connectivity index is 1.53. The van der Waals surface area contributed by atoms with Crippen molar-refractivity contribution in [3.63, 3.8) is 0 Å². The first-order valence-corrected chi connectivity index (χ1v) is 12.1. The highest BCUT2D eigenvalue weighted by molar-refractivity contribution is 7.89. The van der Waals surface area contributed by atoms with Gasteiger partial charge in [-0.2, -0.15) is 4.31 Å². The Morgan fingerprint density at radius 2 is 1.91 bits per heavy atom. The molecule has 3 aromatic rings. The van der Waals surface area contributed by atoms with Gasteiger partial charge < -0.3 is 15.0 Å². The van der Waals surface area contributed by atoms with Crippen LogP contribution >= 0.6 is 0 Å². The normalized spacial score (nSPS) is 19.5. The maximum atomic E-state index is 13.7. The number of ether oxygens (including phenoxy) is 1. The molecule has 0 unspecified atom stereocenters. The molecule has 2 aromatic carbocycles. The summed E-state index contributed by atoms with van der Waals surface area (Å²) in [6.45, 7) is 0.794. The number of halogens is 1. The molecule has 2 bridgehead atoms. The van der Waals surface area contributed by atoms with Crippen LogP contribution in [0.2, 0.25) is 0 Å². The zero-order valence-electron chi connectivity index (χ0n) is 18.5. The molecule has 1 fully saturated rings. The van der Waals surface area contributed by atoms with Gasteiger partial charge in [-0.15, -0.1) is 0 Å². The number of hydrogen-bond acceptors (Lipinski definition) is 9. The quantitative estimate of drug-likeness (QED) is 0.401. The second-order valence-electron chi connectivity index (χ2n) is 8.25. The Hall–Kier alpha value is -3.68. The Morgan fingerprint density at radius 3 is 2.60 bits per heavy atom. The average molecular weight is 501 g/mol. The van der Waals surface area contributed by atoms with Gasteiger partial charge in [-0.1, -0.05) is 12.1 Å². The highest BCUT2D eigenvalue weighted by Gasteiger charge is 2.48. The highest BCUT2D eigenvalue weighted by atomic mass is 32.2. The zero-order valence-corrected chi connectivity index (χ0v) is 19.4. The molecule has 0 aliphatic carbocycles. The van der Waals surface area contributed by atoms with E-state index in [1.54, 1.807) is 19.2 Å². The van der Waals surface area contributed by atoms with Crippen LogP contribution in [0.15, 0.2) is 59.8 Å². The van der Waals surface area contributed by atoms with Crippen molar-refractivity contribution >= 4 is 27.3 Å². The third kappa shape index (κ3) is 4.17. The van der Waals surface area contributed by atoms with Gasteiger partial charge in [0.2, 0.25) is 10.0 Å². The van der Waals surface area contributed by atoms with E-state index in [-0.39, 0.29) is 29.6 Å². The molecule has 5 rings (SSSR count). The predicted molar refractivity (Wildman–Crippen MR) is 124 cm³/mol. The van der Waals surface area contributed by atoms with Gasteiger partial charge >= 0.3 is 0 Å². The summed E-state index contributed by atoms with van der Waals surface area (Å²) < 4.78 is 47.9. The lowest BCUT2D eigenvalue weighted by atomic mass is 10.2. The molecule has 3 heterocycles. The summed E-state index contributed by atoms with van der Waals surface area (Å²) in [5.74, 6) is 0.578. The molecule has 0 radical (unpaired) electrons. The minimum Gasteiger partial charge on any atom is -0.368 e. The second kappa shape index (κ2) is 8.83. The number of benzene rings is 2. The highest BCUT2D eigenvalue weighted by Crippen LogP contribution is 2.44. The summed E-state index contributed by atoms with van der Waals surface area (Å²) in [5.41, 5.74) is 1.09. The molecule has 1 N–H and O–H groups in total. The summed E-state index contributed by atoms with van der Waals surface area (Å²) in [4.78, 5) is 20.9. The largest absolute Gasteiger partial charge is 0.368 e. The van der Waals surface area contributed by atoms with Crippen molar-refractivity contribution in [3.05, 3.63) is 81.9 Å². The molecule has 0 amide bonds. The van der Waals surface area contributed by atoms with Crippen LogP contribution in [-0.4, -0.2) is 53.9 Å². The number of hydrogen-bond donors (Lipinski definition) is 1. The molecular weight excluding hydrogens is 479 g/mol. The standard InChI is InChI=1S/C22H21FN6O5S/c1-27(11-14-2-4-15(23)5-3-14)21-19-20(25-13-26-21)24-10-17-12-34-22(19)28(17)35(32,33)18-8-6-16(7-9-18)29(30)31/h2-9,13,17,22H,10-12H2,1H3,(H,24,25,26)/t17-,22-/m0/s1. The van der Waals surface area contributed by atoms with Gasteiger partial charge in [-0.25, -0.2) is 22.8 Å². The monoisotopic (exact) mass is 500 g/mol. The van der Waals surface area contributed by atoms with Crippen LogP contribution in [-0.2, 0) is 21.3 Å². The Labute approximate surface area is 200 Å². The molecule has 2 atom stereocenters. The smallest absolute Gasteiger partial charge is 0.269 e. The molecule has 182 valence electrons. The van der Waals surface area contributed by atoms with Crippen LogP contribution in [0, 0.1) is 15.9 Å². The van der Waals surface area contributed by atoms with E-state index < -0.39 is 27.2 Å². The third-order valence-corrected chi connectivity index (χ3v) is 7.88. The molecule has 0 saturated carbocycles. The number of nitro groups is 1. The van der Waals surface area contributed by atoms with E-state index >= 15 is 0 Å². The summed E-state index contributed by atoms with van der Waals surface area (Å²) in [6, 6.07) is 10.3. The Bertz CT molecular complexity index is 1370. The van der Waals surface area contributed by atoms with Gasteiger partial charge in [0.1, 0.15) is 23.8 Å². The fourth-order valence-corrected chi connectivity index (χ4v) is 5.97. The van der Waals surface area contributed by atoms with E-state index in [1.165, 1.54) is 34.9 Å². The number of nitrogens with one attached hydrogen (secondary N) is 1. The van der Waals surface area contributed by atoms with Crippen LogP contribution in [0.25, 0.3) is 0 Å². The molecule has 11 nitrogen and oxygen atoms in total. The molecule has 13 heteroatoms.